The molecule has 37 heavy (non-hydrogen) atoms. The molecule has 1 aromatic carbocycles. The van der Waals surface area contributed by atoms with Crippen LogP contribution in [0.15, 0.2) is 43.1 Å². The highest BCUT2D eigenvalue weighted by molar-refractivity contribution is 5.96. The van der Waals surface area contributed by atoms with Crippen molar-refractivity contribution in [2.45, 2.75) is 32.2 Å². The molecule has 12 heteroatoms. The lowest BCUT2D eigenvalue weighted by atomic mass is 10.0. The Hall–Kier alpha value is -4.19. The average Bonchev–Trinajstić information content (AvgIpc) is 3.38. The molecule has 0 radical (unpaired) electrons. The van der Waals surface area contributed by atoms with Crippen molar-refractivity contribution in [3.63, 3.8) is 0 Å². The van der Waals surface area contributed by atoms with E-state index in [4.69, 9.17) is 0 Å². The third kappa shape index (κ3) is 5.33. The molecule has 1 fully saturated rings. The van der Waals surface area contributed by atoms with Gasteiger partial charge in [0.2, 0.25) is 5.95 Å². The van der Waals surface area contributed by atoms with E-state index in [1.165, 1.54) is 30.9 Å². The number of nitrogens with zero attached hydrogens (tertiary/aromatic N) is 7. The first kappa shape index (κ1) is 24.5. The van der Waals surface area contributed by atoms with Crippen LogP contribution in [0.1, 0.15) is 37.0 Å². The molecule has 0 aliphatic carbocycles. The molecule has 1 aliphatic heterocycles. The summed E-state index contributed by atoms with van der Waals surface area (Å²) in [6.45, 7) is 6.78. The van der Waals surface area contributed by atoms with Crippen LogP contribution in [0.3, 0.4) is 0 Å². The highest BCUT2D eigenvalue weighted by atomic mass is 19.1. The van der Waals surface area contributed by atoms with Crippen LogP contribution < -0.4 is 16.0 Å². The predicted molar refractivity (Wildman–Crippen MR) is 139 cm³/mol. The number of aryl methyl sites for hydroxylation is 1. The zero-order valence-corrected chi connectivity index (χ0v) is 21.0. The van der Waals surface area contributed by atoms with Crippen molar-refractivity contribution in [1.82, 2.24) is 39.9 Å². The number of amides is 1. The van der Waals surface area contributed by atoms with Crippen LogP contribution in [0.25, 0.3) is 11.0 Å². The lowest BCUT2D eigenvalue weighted by molar-refractivity contribution is 0.0940. The number of hydrogen-bond acceptors (Lipinski definition) is 9. The van der Waals surface area contributed by atoms with E-state index in [-0.39, 0.29) is 17.1 Å². The van der Waals surface area contributed by atoms with Gasteiger partial charge >= 0.3 is 0 Å². The van der Waals surface area contributed by atoms with Gasteiger partial charge in [-0.25, -0.2) is 24.0 Å². The van der Waals surface area contributed by atoms with Crippen LogP contribution in [-0.2, 0) is 7.05 Å². The summed E-state index contributed by atoms with van der Waals surface area (Å²) in [5.74, 6) is -0.0360. The molecule has 1 amide bonds. The Labute approximate surface area is 213 Å². The third-order valence-electron chi connectivity index (χ3n) is 6.62. The van der Waals surface area contributed by atoms with E-state index in [0.717, 1.165) is 19.5 Å². The first-order valence-electron chi connectivity index (χ1n) is 12.1. The fourth-order valence-electron chi connectivity index (χ4n) is 4.56. The number of nitrogens with one attached hydrogen (secondary N) is 3. The van der Waals surface area contributed by atoms with Gasteiger partial charge in [-0.3, -0.25) is 9.69 Å². The molecule has 1 saturated heterocycles. The molecule has 0 atom stereocenters. The molecule has 192 valence electrons. The van der Waals surface area contributed by atoms with E-state index in [9.17, 15) is 9.18 Å². The van der Waals surface area contributed by atoms with E-state index in [0.29, 0.717) is 40.6 Å². The van der Waals surface area contributed by atoms with Gasteiger partial charge in [-0.1, -0.05) is 0 Å². The number of aromatic nitrogens is 6. The standard InChI is InChI=1S/C25H29FN10O/c1-25(2)7-4-9-36(25)10-8-29-23(37)16-5-6-19(26)20(11-16)32-21-18-14-30-24(33-22(18)35(3)34-21)31-17-12-27-15-28-13-17/h5-6,11-15H,4,7-10H2,1-3H3,(H,29,37)(H,32,34)(H,30,31,33). The zero-order valence-electron chi connectivity index (χ0n) is 21.0. The topological polar surface area (TPSA) is 126 Å². The number of anilines is 4. The van der Waals surface area contributed by atoms with Crippen LogP contribution >= 0.6 is 0 Å². The number of carbonyl (C=O) groups excluding carboxylic acids is 1. The Morgan fingerprint density at radius 2 is 1.97 bits per heavy atom. The number of benzene rings is 1. The van der Waals surface area contributed by atoms with E-state index in [2.05, 4.69) is 59.7 Å². The Morgan fingerprint density at radius 3 is 2.73 bits per heavy atom. The minimum Gasteiger partial charge on any atom is -0.351 e. The number of likely N-dealkylation sites (tertiary alicyclic amines) is 1. The number of halogens is 1. The monoisotopic (exact) mass is 504 g/mol. The van der Waals surface area contributed by atoms with Gasteiger partial charge in [-0.2, -0.15) is 10.1 Å². The van der Waals surface area contributed by atoms with Gasteiger partial charge in [0.15, 0.2) is 11.5 Å². The molecule has 0 bridgehead atoms. The first-order valence-corrected chi connectivity index (χ1v) is 12.1. The van der Waals surface area contributed by atoms with Gasteiger partial charge in [-0.15, -0.1) is 0 Å². The molecule has 3 N–H and O–H groups in total. The molecular formula is C25H29FN10O. The molecule has 4 heterocycles. The zero-order chi connectivity index (χ0) is 26.0. The summed E-state index contributed by atoms with van der Waals surface area (Å²) in [6.07, 6.45) is 8.56. The maximum Gasteiger partial charge on any atom is 0.251 e. The highest BCUT2D eigenvalue weighted by Crippen LogP contribution is 2.28. The fraction of sp³-hybridized carbons (Fsp3) is 0.360. The smallest absolute Gasteiger partial charge is 0.251 e. The van der Waals surface area contributed by atoms with E-state index < -0.39 is 5.82 Å². The molecule has 11 nitrogen and oxygen atoms in total. The molecule has 0 spiro atoms. The minimum absolute atomic E-state index is 0.136. The van der Waals surface area contributed by atoms with Gasteiger partial charge < -0.3 is 16.0 Å². The summed E-state index contributed by atoms with van der Waals surface area (Å²) in [6, 6.07) is 4.23. The van der Waals surface area contributed by atoms with E-state index >= 15 is 0 Å². The molecule has 0 unspecified atom stereocenters. The second-order valence-electron chi connectivity index (χ2n) is 9.63. The number of carbonyl (C=O) groups is 1. The van der Waals surface area contributed by atoms with Crippen molar-refractivity contribution in [3.05, 3.63) is 54.5 Å². The Kier molecular flexibility index (Phi) is 6.66. The second-order valence-corrected chi connectivity index (χ2v) is 9.63. The van der Waals surface area contributed by atoms with Crippen LogP contribution in [0.2, 0.25) is 0 Å². The molecule has 1 aliphatic rings. The summed E-state index contributed by atoms with van der Waals surface area (Å²) in [5.41, 5.74) is 1.83. The minimum atomic E-state index is -0.502. The van der Waals surface area contributed by atoms with Crippen molar-refractivity contribution in [1.29, 1.82) is 0 Å². The number of fused-ring (bicyclic) bond motifs is 1. The Bertz CT molecular complexity index is 1420. The largest absolute Gasteiger partial charge is 0.351 e. The molecular weight excluding hydrogens is 475 g/mol. The molecule has 3 aromatic heterocycles. The average molecular weight is 505 g/mol. The summed E-state index contributed by atoms with van der Waals surface area (Å²) in [4.78, 5) is 31.9. The van der Waals surface area contributed by atoms with Crippen LogP contribution in [0, 0.1) is 5.82 Å². The summed E-state index contributed by atoms with van der Waals surface area (Å²) in [5, 5.41) is 14.0. The second kappa shape index (κ2) is 10.1. The Morgan fingerprint density at radius 1 is 1.16 bits per heavy atom. The Balaban J connectivity index is 1.29. The van der Waals surface area contributed by atoms with E-state index in [1.807, 2.05) is 0 Å². The van der Waals surface area contributed by atoms with Gasteiger partial charge in [0.05, 0.1) is 29.2 Å². The van der Waals surface area contributed by atoms with Crippen molar-refractivity contribution in [2.24, 2.45) is 7.05 Å². The maximum atomic E-state index is 14.7. The van der Waals surface area contributed by atoms with E-state index in [1.54, 1.807) is 30.3 Å². The van der Waals surface area contributed by atoms with Crippen LogP contribution in [0.4, 0.5) is 27.5 Å². The highest BCUT2D eigenvalue weighted by Gasteiger charge is 2.31. The van der Waals surface area contributed by atoms with Gasteiger partial charge in [-0.05, 0) is 51.4 Å². The van der Waals surface area contributed by atoms with Crippen molar-refractivity contribution < 1.29 is 9.18 Å². The van der Waals surface area contributed by atoms with Crippen LogP contribution in [0.5, 0.6) is 0 Å². The SMILES string of the molecule is Cn1nc(Nc2cc(C(=O)NCCN3CCCC3(C)C)ccc2F)c2cnc(Nc3cncnc3)nc21. The van der Waals surface area contributed by atoms with Crippen LogP contribution in [-0.4, -0.2) is 65.7 Å². The lowest BCUT2D eigenvalue weighted by Crippen LogP contribution is -2.43. The predicted octanol–water partition coefficient (Wildman–Crippen LogP) is 3.38. The van der Waals surface area contributed by atoms with Gasteiger partial charge in [0.25, 0.3) is 5.91 Å². The van der Waals surface area contributed by atoms with Crippen molar-refractivity contribution in [3.8, 4) is 0 Å². The lowest BCUT2D eigenvalue weighted by Gasteiger charge is -2.31. The quantitative estimate of drug-likeness (QED) is 0.331. The van der Waals surface area contributed by atoms with Crippen molar-refractivity contribution >= 4 is 40.1 Å². The molecule has 5 rings (SSSR count). The maximum absolute atomic E-state index is 14.7. The number of hydrogen-bond donors (Lipinski definition) is 3. The first-order chi connectivity index (χ1) is 17.8. The molecule has 4 aromatic rings. The number of rotatable bonds is 8. The fourth-order valence-corrected chi connectivity index (χ4v) is 4.56. The molecule has 0 saturated carbocycles. The third-order valence-corrected chi connectivity index (χ3v) is 6.62. The van der Waals surface area contributed by atoms with Gasteiger partial charge in [0.1, 0.15) is 12.1 Å². The summed E-state index contributed by atoms with van der Waals surface area (Å²) in [7, 11) is 1.73. The normalized spacial score (nSPS) is 15.1. The summed E-state index contributed by atoms with van der Waals surface area (Å²) < 4.78 is 16.3. The van der Waals surface area contributed by atoms with Crippen molar-refractivity contribution in [2.75, 3.05) is 30.3 Å². The summed E-state index contributed by atoms with van der Waals surface area (Å²) >= 11 is 0. The van der Waals surface area contributed by atoms with Gasteiger partial charge in [0, 0.05) is 37.4 Å².